The molecule has 0 spiro atoms. The van der Waals surface area contributed by atoms with E-state index >= 15 is 0 Å². The molecule has 0 aliphatic carbocycles. The summed E-state index contributed by atoms with van der Waals surface area (Å²) in [6.07, 6.45) is 3.02. The number of anilines is 2. The van der Waals surface area contributed by atoms with Crippen molar-refractivity contribution in [2.24, 2.45) is 0 Å². The molecule has 0 bridgehead atoms. The number of piperazine rings is 1. The highest BCUT2D eigenvalue weighted by Crippen LogP contribution is 2.21. The maximum Gasteiger partial charge on any atom is 0.258 e. The Morgan fingerprint density at radius 3 is 2.38 bits per heavy atom. The third kappa shape index (κ3) is 4.11. The minimum atomic E-state index is -0.289. The van der Waals surface area contributed by atoms with Gasteiger partial charge in [0.05, 0.1) is 5.56 Å². The summed E-state index contributed by atoms with van der Waals surface area (Å²) in [7, 11) is 0. The van der Waals surface area contributed by atoms with Gasteiger partial charge in [0.2, 0.25) is 11.9 Å². The van der Waals surface area contributed by atoms with Crippen molar-refractivity contribution < 1.29 is 9.59 Å². The summed E-state index contributed by atoms with van der Waals surface area (Å²) in [6.45, 7) is 6.11. The zero-order valence-electron chi connectivity index (χ0n) is 14.7. The predicted octanol–water partition coefficient (Wildman–Crippen LogP) is 2.36. The van der Waals surface area contributed by atoms with Gasteiger partial charge in [0, 0.05) is 56.2 Å². The van der Waals surface area contributed by atoms with E-state index in [1.165, 1.54) is 12.4 Å². The molecule has 0 saturated carbocycles. The highest BCUT2D eigenvalue weighted by atomic mass is 35.5. The molecule has 2 aromatic rings. The monoisotopic (exact) mass is 373 g/mol. The number of hydrogen-bond acceptors (Lipinski definition) is 5. The van der Waals surface area contributed by atoms with Crippen LogP contribution in [0.25, 0.3) is 0 Å². The molecule has 1 aromatic heterocycles. The molecule has 1 aliphatic heterocycles. The number of halogens is 1. The number of carbonyl (C=O) groups excluding carboxylic acids is 2. The lowest BCUT2D eigenvalue weighted by molar-refractivity contribution is -0.129. The van der Waals surface area contributed by atoms with Crippen LogP contribution in [0.3, 0.4) is 0 Å². The molecule has 2 heterocycles. The molecule has 0 atom stereocenters. The van der Waals surface area contributed by atoms with Gasteiger partial charge in [-0.15, -0.1) is 0 Å². The van der Waals surface area contributed by atoms with E-state index in [0.29, 0.717) is 48.4 Å². The molecule has 1 aromatic carbocycles. The van der Waals surface area contributed by atoms with Crippen LogP contribution < -0.4 is 10.2 Å². The molecule has 0 unspecified atom stereocenters. The zero-order valence-corrected chi connectivity index (χ0v) is 15.5. The summed E-state index contributed by atoms with van der Waals surface area (Å²) in [6, 6.07) is 5.33. The molecule has 1 N–H and O–H groups in total. The Hall–Kier alpha value is -2.67. The third-order valence-electron chi connectivity index (χ3n) is 4.36. The number of aryl methyl sites for hydroxylation is 1. The van der Waals surface area contributed by atoms with Crippen LogP contribution in [0.2, 0.25) is 5.02 Å². The number of carbonyl (C=O) groups is 2. The van der Waals surface area contributed by atoms with Crippen molar-refractivity contribution in [3.63, 3.8) is 0 Å². The van der Waals surface area contributed by atoms with E-state index in [1.54, 1.807) is 24.0 Å². The summed E-state index contributed by atoms with van der Waals surface area (Å²) < 4.78 is 0. The quantitative estimate of drug-likeness (QED) is 0.893. The molecular weight excluding hydrogens is 354 g/mol. The van der Waals surface area contributed by atoms with Crippen LogP contribution in [-0.2, 0) is 4.79 Å². The maximum atomic E-state index is 12.4. The maximum absolute atomic E-state index is 12.4. The van der Waals surface area contributed by atoms with Crippen LogP contribution in [-0.4, -0.2) is 52.9 Å². The van der Waals surface area contributed by atoms with E-state index in [-0.39, 0.29) is 11.8 Å². The molecule has 1 fully saturated rings. The second-order valence-corrected chi connectivity index (χ2v) is 6.61. The zero-order chi connectivity index (χ0) is 18.7. The minimum absolute atomic E-state index is 0.0777. The average Bonchev–Trinajstić information content (AvgIpc) is 2.65. The summed E-state index contributed by atoms with van der Waals surface area (Å²) in [5.41, 5.74) is 1.95. The number of hydrogen-bond donors (Lipinski definition) is 1. The molecule has 8 heteroatoms. The normalized spacial score (nSPS) is 14.3. The number of nitrogens with zero attached hydrogens (tertiary/aromatic N) is 4. The smallest absolute Gasteiger partial charge is 0.258 e. The largest absolute Gasteiger partial charge is 0.339 e. The number of nitrogens with one attached hydrogen (secondary N) is 1. The molecule has 1 aliphatic rings. The number of amides is 2. The summed E-state index contributed by atoms with van der Waals surface area (Å²) >= 11 is 5.98. The lowest BCUT2D eigenvalue weighted by atomic mass is 10.2. The fourth-order valence-corrected chi connectivity index (χ4v) is 2.92. The van der Waals surface area contributed by atoms with Crippen LogP contribution in [0.4, 0.5) is 11.6 Å². The fraction of sp³-hybridized carbons (Fsp3) is 0.333. The van der Waals surface area contributed by atoms with Crippen LogP contribution in [0.1, 0.15) is 22.8 Å². The van der Waals surface area contributed by atoms with Crippen molar-refractivity contribution in [2.45, 2.75) is 13.8 Å². The first-order valence-corrected chi connectivity index (χ1v) is 8.72. The van der Waals surface area contributed by atoms with E-state index in [2.05, 4.69) is 15.3 Å². The van der Waals surface area contributed by atoms with Crippen LogP contribution >= 0.6 is 11.6 Å². The molecule has 136 valence electrons. The predicted molar refractivity (Wildman–Crippen MR) is 101 cm³/mol. The topological polar surface area (TPSA) is 78.4 Å². The van der Waals surface area contributed by atoms with Crippen molar-refractivity contribution in [2.75, 3.05) is 36.4 Å². The first-order chi connectivity index (χ1) is 12.4. The molecule has 7 nitrogen and oxygen atoms in total. The minimum Gasteiger partial charge on any atom is -0.339 e. The standard InChI is InChI=1S/C18H20ClN5O2/c1-12-3-4-15(19)9-16(12)22-17(26)14-10-20-18(21-11-14)24-7-5-23(6-8-24)13(2)25/h3-4,9-11H,5-8H2,1-2H3,(H,22,26). The Labute approximate surface area is 157 Å². The van der Waals surface area contributed by atoms with Gasteiger partial charge in [-0.2, -0.15) is 0 Å². The fourth-order valence-electron chi connectivity index (χ4n) is 2.75. The van der Waals surface area contributed by atoms with E-state index in [4.69, 9.17) is 11.6 Å². The third-order valence-corrected chi connectivity index (χ3v) is 4.59. The van der Waals surface area contributed by atoms with Gasteiger partial charge in [-0.1, -0.05) is 17.7 Å². The molecule has 2 amide bonds. The van der Waals surface area contributed by atoms with Crippen LogP contribution in [0.15, 0.2) is 30.6 Å². The lowest BCUT2D eigenvalue weighted by Gasteiger charge is -2.34. The van der Waals surface area contributed by atoms with Crippen molar-refractivity contribution in [3.05, 3.63) is 46.7 Å². The second kappa shape index (κ2) is 7.70. The molecule has 26 heavy (non-hydrogen) atoms. The highest BCUT2D eigenvalue weighted by molar-refractivity contribution is 6.31. The van der Waals surface area contributed by atoms with Gasteiger partial charge >= 0.3 is 0 Å². The van der Waals surface area contributed by atoms with Crippen LogP contribution in [0, 0.1) is 6.92 Å². The van der Waals surface area contributed by atoms with Gasteiger partial charge in [0.25, 0.3) is 5.91 Å². The molecule has 0 radical (unpaired) electrons. The Kier molecular flexibility index (Phi) is 5.37. The number of rotatable bonds is 3. The van der Waals surface area contributed by atoms with Gasteiger partial charge < -0.3 is 15.1 Å². The van der Waals surface area contributed by atoms with Gasteiger partial charge in [-0.3, -0.25) is 9.59 Å². The van der Waals surface area contributed by atoms with Crippen molar-refractivity contribution in [3.8, 4) is 0 Å². The van der Waals surface area contributed by atoms with Crippen molar-refractivity contribution >= 4 is 35.1 Å². The van der Waals surface area contributed by atoms with E-state index < -0.39 is 0 Å². The number of benzene rings is 1. The Morgan fingerprint density at radius 2 is 1.77 bits per heavy atom. The van der Waals surface area contributed by atoms with Gasteiger partial charge in [0.1, 0.15) is 0 Å². The lowest BCUT2D eigenvalue weighted by Crippen LogP contribution is -2.48. The van der Waals surface area contributed by atoms with E-state index in [0.717, 1.165) is 5.56 Å². The van der Waals surface area contributed by atoms with Crippen molar-refractivity contribution in [1.29, 1.82) is 0 Å². The Bertz CT molecular complexity index is 817. The molecule has 1 saturated heterocycles. The van der Waals surface area contributed by atoms with E-state index in [9.17, 15) is 9.59 Å². The van der Waals surface area contributed by atoms with Gasteiger partial charge in [-0.05, 0) is 24.6 Å². The average molecular weight is 374 g/mol. The second-order valence-electron chi connectivity index (χ2n) is 6.18. The van der Waals surface area contributed by atoms with E-state index in [1.807, 2.05) is 17.9 Å². The first kappa shape index (κ1) is 18.1. The Balaban J connectivity index is 1.65. The SMILES string of the molecule is CC(=O)N1CCN(c2ncc(C(=O)Nc3cc(Cl)ccc3C)cn2)CC1. The van der Waals surface area contributed by atoms with Gasteiger partial charge in [0.15, 0.2) is 0 Å². The van der Waals surface area contributed by atoms with Crippen LogP contribution in [0.5, 0.6) is 0 Å². The van der Waals surface area contributed by atoms with Gasteiger partial charge in [-0.25, -0.2) is 9.97 Å². The van der Waals surface area contributed by atoms with Crippen molar-refractivity contribution in [1.82, 2.24) is 14.9 Å². The molecular formula is C18H20ClN5O2. The molecule has 3 rings (SSSR count). The Morgan fingerprint density at radius 1 is 1.12 bits per heavy atom. The number of aromatic nitrogens is 2. The first-order valence-electron chi connectivity index (χ1n) is 8.34. The highest BCUT2D eigenvalue weighted by Gasteiger charge is 2.20. The summed E-state index contributed by atoms with van der Waals surface area (Å²) in [5, 5.41) is 3.38. The summed E-state index contributed by atoms with van der Waals surface area (Å²) in [5.74, 6) is 0.348. The summed E-state index contributed by atoms with van der Waals surface area (Å²) in [4.78, 5) is 36.2.